The predicted octanol–water partition coefficient (Wildman–Crippen LogP) is 3.67. The Morgan fingerprint density at radius 3 is 2.80 bits per heavy atom. The summed E-state index contributed by atoms with van der Waals surface area (Å²) < 4.78 is 1.87. The number of unbranched alkanes of at least 4 members (excludes halogenated alkanes) is 3. The van der Waals surface area contributed by atoms with Gasteiger partial charge in [-0.2, -0.15) is 0 Å². The smallest absolute Gasteiger partial charge is 0.116 e. The minimum Gasteiger partial charge on any atom is -0.390 e. The number of hydrogen-bond donors (Lipinski definition) is 1. The number of hydrogen-bond acceptors (Lipinski definition) is 3. The molecule has 0 aliphatic rings. The molecule has 1 N–H and O–H groups in total. The van der Waals surface area contributed by atoms with Gasteiger partial charge >= 0.3 is 0 Å². The summed E-state index contributed by atoms with van der Waals surface area (Å²) in [6.45, 7) is 2.89. The Kier molecular flexibility index (Phi) is 5.56. The van der Waals surface area contributed by atoms with E-state index in [1.54, 1.807) is 0 Å². The van der Waals surface area contributed by atoms with Crippen LogP contribution in [0.4, 0.5) is 0 Å². The normalized spacial score (nSPS) is 10.9. The largest absolute Gasteiger partial charge is 0.390 e. The highest BCUT2D eigenvalue weighted by molar-refractivity contribution is 6.30. The van der Waals surface area contributed by atoms with Crippen molar-refractivity contribution in [2.75, 3.05) is 0 Å². The van der Waals surface area contributed by atoms with Crippen molar-refractivity contribution >= 4 is 11.6 Å². The molecule has 1 aromatic carbocycles. The Labute approximate surface area is 124 Å². The third-order valence-electron chi connectivity index (χ3n) is 3.28. The molecule has 0 radical (unpaired) electrons. The van der Waals surface area contributed by atoms with Gasteiger partial charge < -0.3 is 5.11 Å². The van der Waals surface area contributed by atoms with Crippen molar-refractivity contribution in [3.63, 3.8) is 0 Å². The van der Waals surface area contributed by atoms with Gasteiger partial charge in [-0.15, -0.1) is 5.10 Å². The molecule has 4 nitrogen and oxygen atoms in total. The van der Waals surface area contributed by atoms with Crippen molar-refractivity contribution in [3.05, 3.63) is 35.0 Å². The summed E-state index contributed by atoms with van der Waals surface area (Å²) in [5, 5.41) is 18.3. The van der Waals surface area contributed by atoms with Crippen molar-refractivity contribution < 1.29 is 5.11 Å². The van der Waals surface area contributed by atoms with Crippen LogP contribution in [0, 0.1) is 0 Å². The van der Waals surface area contributed by atoms with Crippen LogP contribution in [0.5, 0.6) is 0 Å². The molecule has 0 unspecified atom stereocenters. The van der Waals surface area contributed by atoms with E-state index in [1.807, 2.05) is 28.9 Å². The molecule has 2 rings (SSSR count). The maximum absolute atomic E-state index is 9.42. The van der Waals surface area contributed by atoms with E-state index in [2.05, 4.69) is 17.2 Å². The van der Waals surface area contributed by atoms with Crippen LogP contribution in [0.2, 0.25) is 5.02 Å². The number of rotatable bonds is 7. The lowest BCUT2D eigenvalue weighted by atomic mass is 10.1. The van der Waals surface area contributed by atoms with E-state index in [-0.39, 0.29) is 6.61 Å². The van der Waals surface area contributed by atoms with Crippen molar-refractivity contribution in [1.29, 1.82) is 0 Å². The molecule has 0 amide bonds. The Morgan fingerprint density at radius 2 is 2.10 bits per heavy atom. The molecule has 2 aromatic rings. The maximum Gasteiger partial charge on any atom is 0.116 e. The molecule has 0 spiro atoms. The zero-order valence-electron chi connectivity index (χ0n) is 11.7. The molecule has 0 fully saturated rings. The first kappa shape index (κ1) is 15.0. The quantitative estimate of drug-likeness (QED) is 0.792. The third-order valence-corrected chi connectivity index (χ3v) is 3.51. The zero-order chi connectivity index (χ0) is 14.4. The molecular formula is C15H20ClN3O. The molecule has 0 aliphatic carbocycles. The molecule has 20 heavy (non-hydrogen) atoms. The van der Waals surface area contributed by atoms with Gasteiger partial charge in [0.25, 0.3) is 0 Å². The first-order valence-electron chi connectivity index (χ1n) is 7.05. The minimum absolute atomic E-state index is 0.114. The second kappa shape index (κ2) is 7.41. The first-order chi connectivity index (χ1) is 9.76. The molecule has 5 heteroatoms. The number of aromatic nitrogens is 3. The molecular weight excluding hydrogens is 274 g/mol. The lowest BCUT2D eigenvalue weighted by molar-refractivity contribution is 0.277. The molecule has 1 heterocycles. The minimum atomic E-state index is -0.114. The van der Waals surface area contributed by atoms with Crippen LogP contribution in [-0.2, 0) is 13.2 Å². The van der Waals surface area contributed by atoms with E-state index in [1.165, 1.54) is 19.3 Å². The maximum atomic E-state index is 9.42. The summed E-state index contributed by atoms with van der Waals surface area (Å²) in [5.74, 6) is 0. The SMILES string of the molecule is CCCCCCn1nnc(CO)c1-c1cccc(Cl)c1. The highest BCUT2D eigenvalue weighted by Crippen LogP contribution is 2.25. The molecule has 0 saturated heterocycles. The Balaban J connectivity index is 2.23. The van der Waals surface area contributed by atoms with Gasteiger partial charge in [0.2, 0.25) is 0 Å². The van der Waals surface area contributed by atoms with Crippen LogP contribution >= 0.6 is 11.6 Å². The van der Waals surface area contributed by atoms with Crippen LogP contribution < -0.4 is 0 Å². The Morgan fingerprint density at radius 1 is 1.25 bits per heavy atom. The fourth-order valence-corrected chi connectivity index (χ4v) is 2.44. The van der Waals surface area contributed by atoms with Gasteiger partial charge in [-0.05, 0) is 18.6 Å². The lowest BCUT2D eigenvalue weighted by Crippen LogP contribution is -2.03. The van der Waals surface area contributed by atoms with Crippen LogP contribution in [0.1, 0.15) is 38.3 Å². The summed E-state index contributed by atoms with van der Waals surface area (Å²) in [7, 11) is 0. The Bertz CT molecular complexity index is 554. The average Bonchev–Trinajstić information content (AvgIpc) is 2.86. The predicted molar refractivity (Wildman–Crippen MR) is 80.5 cm³/mol. The van der Waals surface area contributed by atoms with Crippen LogP contribution in [0.3, 0.4) is 0 Å². The van der Waals surface area contributed by atoms with Crippen LogP contribution in [0.15, 0.2) is 24.3 Å². The summed E-state index contributed by atoms with van der Waals surface area (Å²) >= 11 is 6.04. The van der Waals surface area contributed by atoms with Gasteiger partial charge in [0.05, 0.1) is 12.3 Å². The molecule has 0 bridgehead atoms. The number of aryl methyl sites for hydroxylation is 1. The van der Waals surface area contributed by atoms with Crippen LogP contribution in [-0.4, -0.2) is 20.1 Å². The van der Waals surface area contributed by atoms with Crippen molar-refractivity contribution in [2.24, 2.45) is 0 Å². The van der Waals surface area contributed by atoms with E-state index in [9.17, 15) is 5.11 Å². The number of nitrogens with zero attached hydrogens (tertiary/aromatic N) is 3. The van der Waals surface area contributed by atoms with E-state index >= 15 is 0 Å². The standard InChI is InChI=1S/C15H20ClN3O/c1-2-3-4-5-9-19-15(14(11-20)17-18-19)12-7-6-8-13(16)10-12/h6-8,10,20H,2-5,9,11H2,1H3. The van der Waals surface area contributed by atoms with E-state index < -0.39 is 0 Å². The van der Waals surface area contributed by atoms with Crippen molar-refractivity contribution in [1.82, 2.24) is 15.0 Å². The van der Waals surface area contributed by atoms with Gasteiger partial charge in [-0.1, -0.05) is 55.1 Å². The van der Waals surface area contributed by atoms with E-state index in [0.29, 0.717) is 10.7 Å². The second-order valence-corrected chi connectivity index (χ2v) is 5.27. The Hall–Kier alpha value is -1.39. The van der Waals surface area contributed by atoms with Crippen molar-refractivity contribution in [3.8, 4) is 11.3 Å². The van der Waals surface area contributed by atoms with Gasteiger partial charge in [0.1, 0.15) is 5.69 Å². The highest BCUT2D eigenvalue weighted by atomic mass is 35.5. The average molecular weight is 294 g/mol. The van der Waals surface area contributed by atoms with E-state index in [0.717, 1.165) is 24.2 Å². The highest BCUT2D eigenvalue weighted by Gasteiger charge is 2.14. The molecule has 0 saturated carbocycles. The monoisotopic (exact) mass is 293 g/mol. The third kappa shape index (κ3) is 3.58. The van der Waals surface area contributed by atoms with Crippen LogP contribution in [0.25, 0.3) is 11.3 Å². The zero-order valence-corrected chi connectivity index (χ0v) is 12.5. The lowest BCUT2D eigenvalue weighted by Gasteiger charge is -2.08. The summed E-state index contributed by atoms with van der Waals surface area (Å²) in [6, 6.07) is 7.57. The van der Waals surface area contributed by atoms with Gasteiger partial charge in [-0.3, -0.25) is 0 Å². The molecule has 0 aliphatic heterocycles. The topological polar surface area (TPSA) is 50.9 Å². The first-order valence-corrected chi connectivity index (χ1v) is 7.43. The summed E-state index contributed by atoms with van der Waals surface area (Å²) in [4.78, 5) is 0. The summed E-state index contributed by atoms with van der Waals surface area (Å²) in [6.07, 6.45) is 4.68. The van der Waals surface area contributed by atoms with Gasteiger partial charge in [0.15, 0.2) is 0 Å². The van der Waals surface area contributed by atoms with E-state index in [4.69, 9.17) is 11.6 Å². The van der Waals surface area contributed by atoms with Gasteiger partial charge in [-0.25, -0.2) is 4.68 Å². The number of aliphatic hydroxyl groups is 1. The number of benzene rings is 1. The fourth-order valence-electron chi connectivity index (χ4n) is 2.25. The van der Waals surface area contributed by atoms with Crippen molar-refractivity contribution in [2.45, 2.75) is 45.8 Å². The second-order valence-electron chi connectivity index (χ2n) is 4.84. The van der Waals surface area contributed by atoms with Gasteiger partial charge in [0, 0.05) is 17.1 Å². The number of halogens is 1. The molecule has 0 atom stereocenters. The number of aliphatic hydroxyl groups excluding tert-OH is 1. The molecule has 1 aromatic heterocycles. The molecule has 108 valence electrons. The summed E-state index contributed by atoms with van der Waals surface area (Å²) in [5.41, 5.74) is 2.41. The fraction of sp³-hybridized carbons (Fsp3) is 0.467.